The van der Waals surface area contributed by atoms with Gasteiger partial charge in [-0.2, -0.15) is 5.10 Å². The molecule has 0 fully saturated rings. The van der Waals surface area contributed by atoms with Gasteiger partial charge in [-0.05, 0) is 20.8 Å². The molecule has 108 valence electrons. The fourth-order valence-corrected chi connectivity index (χ4v) is 1.43. The third-order valence-electron chi connectivity index (χ3n) is 2.29. The van der Waals surface area contributed by atoms with Crippen molar-refractivity contribution in [2.24, 2.45) is 7.05 Å². The Morgan fingerprint density at radius 1 is 1.53 bits per heavy atom. The number of aryl methyl sites for hydroxylation is 1. The highest BCUT2D eigenvalue weighted by molar-refractivity contribution is 5.67. The SMILES string of the molecule is Cn1cc(C(O)C(O)CNC(=O)OC(C)(C)C)cn1. The average Bonchev–Trinajstić information content (AvgIpc) is 2.69. The number of rotatable bonds is 4. The van der Waals surface area contributed by atoms with E-state index in [2.05, 4.69) is 10.4 Å². The van der Waals surface area contributed by atoms with Crippen molar-refractivity contribution in [3.05, 3.63) is 18.0 Å². The second-order valence-electron chi connectivity index (χ2n) is 5.34. The van der Waals surface area contributed by atoms with Crippen LogP contribution >= 0.6 is 0 Å². The summed E-state index contributed by atoms with van der Waals surface area (Å²) in [6, 6.07) is 0. The summed E-state index contributed by atoms with van der Waals surface area (Å²) in [5, 5.41) is 25.9. The van der Waals surface area contributed by atoms with Crippen LogP contribution in [0.3, 0.4) is 0 Å². The van der Waals surface area contributed by atoms with Crippen molar-refractivity contribution in [3.8, 4) is 0 Å². The molecule has 0 aliphatic carbocycles. The van der Waals surface area contributed by atoms with Crippen LogP contribution in [0.5, 0.6) is 0 Å². The van der Waals surface area contributed by atoms with E-state index in [0.717, 1.165) is 0 Å². The summed E-state index contributed by atoms with van der Waals surface area (Å²) in [6.45, 7) is 5.12. The van der Waals surface area contributed by atoms with E-state index >= 15 is 0 Å². The number of nitrogens with zero attached hydrogens (tertiary/aromatic N) is 2. The van der Waals surface area contributed by atoms with Gasteiger partial charge in [-0.3, -0.25) is 4.68 Å². The van der Waals surface area contributed by atoms with Gasteiger partial charge in [0.15, 0.2) is 0 Å². The maximum Gasteiger partial charge on any atom is 0.407 e. The molecule has 0 spiro atoms. The molecule has 7 heteroatoms. The topological polar surface area (TPSA) is 96.6 Å². The van der Waals surface area contributed by atoms with Crippen LogP contribution in [-0.2, 0) is 11.8 Å². The van der Waals surface area contributed by atoms with Gasteiger partial charge in [-0.25, -0.2) is 4.79 Å². The van der Waals surface area contributed by atoms with E-state index in [1.807, 2.05) is 0 Å². The lowest BCUT2D eigenvalue weighted by Crippen LogP contribution is -2.38. The summed E-state index contributed by atoms with van der Waals surface area (Å²) >= 11 is 0. The number of aromatic nitrogens is 2. The number of amides is 1. The van der Waals surface area contributed by atoms with E-state index in [4.69, 9.17) is 4.74 Å². The molecular weight excluding hydrogens is 250 g/mol. The molecular formula is C12H21N3O4. The normalized spacial score (nSPS) is 14.8. The quantitative estimate of drug-likeness (QED) is 0.733. The number of alkyl carbamates (subject to hydrolysis) is 1. The summed E-state index contributed by atoms with van der Waals surface area (Å²) in [7, 11) is 1.71. The fraction of sp³-hybridized carbons (Fsp3) is 0.667. The Kier molecular flexibility index (Phi) is 4.90. The van der Waals surface area contributed by atoms with Crippen LogP contribution in [0.2, 0.25) is 0 Å². The first-order valence-corrected chi connectivity index (χ1v) is 6.00. The van der Waals surface area contributed by atoms with Crippen LogP contribution in [0.4, 0.5) is 4.79 Å². The third kappa shape index (κ3) is 5.27. The summed E-state index contributed by atoms with van der Waals surface area (Å²) in [5.74, 6) is 0. The van der Waals surface area contributed by atoms with Crippen LogP contribution < -0.4 is 5.32 Å². The highest BCUT2D eigenvalue weighted by Crippen LogP contribution is 2.15. The molecule has 7 nitrogen and oxygen atoms in total. The van der Waals surface area contributed by atoms with Gasteiger partial charge in [-0.1, -0.05) is 0 Å². The van der Waals surface area contributed by atoms with Crippen molar-refractivity contribution < 1.29 is 19.7 Å². The van der Waals surface area contributed by atoms with E-state index in [0.29, 0.717) is 5.56 Å². The molecule has 2 atom stereocenters. The highest BCUT2D eigenvalue weighted by atomic mass is 16.6. The number of nitrogens with one attached hydrogen (secondary N) is 1. The smallest absolute Gasteiger partial charge is 0.407 e. The van der Waals surface area contributed by atoms with Gasteiger partial charge >= 0.3 is 6.09 Å². The number of aliphatic hydroxyl groups is 2. The summed E-state index contributed by atoms with van der Waals surface area (Å²) in [6.07, 6.45) is 0.188. The van der Waals surface area contributed by atoms with Crippen LogP contribution in [-0.4, -0.2) is 44.3 Å². The van der Waals surface area contributed by atoms with E-state index in [-0.39, 0.29) is 6.54 Å². The summed E-state index contributed by atoms with van der Waals surface area (Å²) in [4.78, 5) is 11.4. The third-order valence-corrected chi connectivity index (χ3v) is 2.29. The molecule has 0 saturated carbocycles. The minimum Gasteiger partial charge on any atom is -0.444 e. The zero-order chi connectivity index (χ0) is 14.6. The molecule has 1 rings (SSSR count). The van der Waals surface area contributed by atoms with Crippen LogP contribution in [0.1, 0.15) is 32.4 Å². The molecule has 1 aromatic heterocycles. The van der Waals surface area contributed by atoms with Crippen LogP contribution in [0.15, 0.2) is 12.4 Å². The number of carbonyl (C=O) groups is 1. The van der Waals surface area contributed by atoms with E-state index in [9.17, 15) is 15.0 Å². The van der Waals surface area contributed by atoms with Crippen molar-refractivity contribution >= 4 is 6.09 Å². The van der Waals surface area contributed by atoms with Gasteiger partial charge < -0.3 is 20.3 Å². The van der Waals surface area contributed by atoms with Crippen LogP contribution in [0.25, 0.3) is 0 Å². The minimum absolute atomic E-state index is 0.106. The first-order chi connectivity index (χ1) is 8.69. The second-order valence-corrected chi connectivity index (χ2v) is 5.34. The number of hydrogen-bond acceptors (Lipinski definition) is 5. The monoisotopic (exact) mass is 271 g/mol. The lowest BCUT2D eigenvalue weighted by molar-refractivity contribution is 0.0129. The van der Waals surface area contributed by atoms with Gasteiger partial charge in [0.2, 0.25) is 0 Å². The lowest BCUT2D eigenvalue weighted by Gasteiger charge is -2.21. The van der Waals surface area contributed by atoms with Gasteiger partial charge in [0.05, 0.1) is 6.20 Å². The largest absolute Gasteiger partial charge is 0.444 e. The number of hydrogen-bond donors (Lipinski definition) is 3. The molecule has 0 aliphatic heterocycles. The fourth-order valence-electron chi connectivity index (χ4n) is 1.43. The van der Waals surface area contributed by atoms with E-state index in [1.165, 1.54) is 10.9 Å². The van der Waals surface area contributed by atoms with Gasteiger partial charge in [0.25, 0.3) is 0 Å². The number of ether oxygens (including phenoxy) is 1. The zero-order valence-corrected chi connectivity index (χ0v) is 11.6. The highest BCUT2D eigenvalue weighted by Gasteiger charge is 2.22. The van der Waals surface area contributed by atoms with Gasteiger partial charge in [-0.15, -0.1) is 0 Å². The summed E-state index contributed by atoms with van der Waals surface area (Å²) < 4.78 is 6.54. The maximum absolute atomic E-state index is 11.4. The molecule has 1 heterocycles. The molecule has 0 aromatic carbocycles. The Morgan fingerprint density at radius 3 is 2.63 bits per heavy atom. The van der Waals surface area contributed by atoms with Crippen molar-refractivity contribution in [3.63, 3.8) is 0 Å². The predicted molar refractivity (Wildman–Crippen MR) is 68.4 cm³/mol. The van der Waals surface area contributed by atoms with Crippen LogP contribution in [0, 0.1) is 0 Å². The first-order valence-electron chi connectivity index (χ1n) is 6.00. The van der Waals surface area contributed by atoms with E-state index < -0.39 is 23.9 Å². The Labute approximate surface area is 112 Å². The molecule has 1 aromatic rings. The molecule has 0 bridgehead atoms. The lowest BCUT2D eigenvalue weighted by atomic mass is 10.1. The van der Waals surface area contributed by atoms with Gasteiger partial charge in [0, 0.05) is 25.4 Å². The first kappa shape index (κ1) is 15.5. The standard InChI is InChI=1S/C12H21N3O4/c1-12(2,3)19-11(18)13-6-9(16)10(17)8-5-14-15(4)7-8/h5,7,9-10,16-17H,6H2,1-4H3,(H,13,18). The van der Waals surface area contributed by atoms with Crippen molar-refractivity contribution in [2.75, 3.05) is 6.54 Å². The van der Waals surface area contributed by atoms with Crippen molar-refractivity contribution in [1.82, 2.24) is 15.1 Å². The Morgan fingerprint density at radius 2 is 2.16 bits per heavy atom. The number of aliphatic hydroxyl groups excluding tert-OH is 2. The molecule has 0 radical (unpaired) electrons. The molecule has 0 saturated heterocycles. The molecule has 1 amide bonds. The molecule has 3 N–H and O–H groups in total. The molecule has 2 unspecified atom stereocenters. The van der Waals surface area contributed by atoms with Gasteiger partial charge in [0.1, 0.15) is 17.8 Å². The zero-order valence-electron chi connectivity index (χ0n) is 11.6. The van der Waals surface area contributed by atoms with Crippen molar-refractivity contribution in [1.29, 1.82) is 0 Å². The van der Waals surface area contributed by atoms with E-state index in [1.54, 1.807) is 34.0 Å². The average molecular weight is 271 g/mol. The molecule has 0 aliphatic rings. The Bertz CT molecular complexity index is 425. The van der Waals surface area contributed by atoms with Crippen molar-refractivity contribution in [2.45, 2.75) is 38.6 Å². The number of carbonyl (C=O) groups excluding carboxylic acids is 1. The molecule has 19 heavy (non-hydrogen) atoms. The summed E-state index contributed by atoms with van der Waals surface area (Å²) in [5.41, 5.74) is -0.113. The maximum atomic E-state index is 11.4. The second kappa shape index (κ2) is 6.03. The minimum atomic E-state index is -1.13. The Hall–Kier alpha value is -1.60. The Balaban J connectivity index is 2.43. The predicted octanol–water partition coefficient (Wildman–Crippen LogP) is 0.339.